The molecule has 0 saturated carbocycles. The van der Waals surface area contributed by atoms with Gasteiger partial charge in [0.25, 0.3) is 5.69 Å². The van der Waals surface area contributed by atoms with E-state index in [0.29, 0.717) is 23.6 Å². The van der Waals surface area contributed by atoms with Crippen molar-refractivity contribution in [1.82, 2.24) is 4.90 Å². The zero-order valence-corrected chi connectivity index (χ0v) is 16.4. The summed E-state index contributed by atoms with van der Waals surface area (Å²) >= 11 is 6.02. The second kappa shape index (κ2) is 8.86. The summed E-state index contributed by atoms with van der Waals surface area (Å²) in [6, 6.07) is 13.7. The van der Waals surface area contributed by atoms with Gasteiger partial charge in [0.1, 0.15) is 5.60 Å². The van der Waals surface area contributed by atoms with E-state index in [9.17, 15) is 14.9 Å². The monoisotopic (exact) mass is 390 g/mol. The van der Waals surface area contributed by atoms with Crippen LogP contribution in [0.4, 0.5) is 10.5 Å². The molecule has 6 nitrogen and oxygen atoms in total. The number of ether oxygens (including phenoxy) is 1. The summed E-state index contributed by atoms with van der Waals surface area (Å²) in [4.78, 5) is 24.7. The van der Waals surface area contributed by atoms with Crippen LogP contribution in [0.1, 0.15) is 31.9 Å². The lowest BCUT2D eigenvalue weighted by Gasteiger charge is -2.27. The minimum absolute atomic E-state index is 0.00789. The summed E-state index contributed by atoms with van der Waals surface area (Å²) in [5.74, 6) is 0. The SMILES string of the molecule is CC(C)(C)OC(=O)N(CCc1cccc(Cl)c1)Cc1cccc([N+](=O)[O-])c1. The Morgan fingerprint density at radius 2 is 1.81 bits per heavy atom. The zero-order chi connectivity index (χ0) is 20.0. The lowest BCUT2D eigenvalue weighted by atomic mass is 10.1. The molecule has 0 saturated heterocycles. The molecule has 2 rings (SSSR count). The van der Waals surface area contributed by atoms with E-state index in [1.54, 1.807) is 43.9 Å². The van der Waals surface area contributed by atoms with E-state index in [1.165, 1.54) is 12.1 Å². The fraction of sp³-hybridized carbons (Fsp3) is 0.350. The molecule has 0 aliphatic carbocycles. The number of rotatable bonds is 6. The van der Waals surface area contributed by atoms with Crippen molar-refractivity contribution in [3.05, 3.63) is 74.8 Å². The highest BCUT2D eigenvalue weighted by Gasteiger charge is 2.22. The van der Waals surface area contributed by atoms with Crippen molar-refractivity contribution >= 4 is 23.4 Å². The first-order chi connectivity index (χ1) is 12.6. The van der Waals surface area contributed by atoms with Gasteiger partial charge < -0.3 is 9.64 Å². The molecule has 0 heterocycles. The number of carbonyl (C=O) groups is 1. The Bertz CT molecular complexity index is 818. The molecule has 0 unspecified atom stereocenters. The number of amides is 1. The third-order valence-corrected chi connectivity index (χ3v) is 3.94. The molecular formula is C20H23ClN2O4. The molecule has 27 heavy (non-hydrogen) atoms. The van der Waals surface area contributed by atoms with Gasteiger partial charge in [-0.05, 0) is 50.5 Å². The molecule has 144 valence electrons. The normalized spacial score (nSPS) is 11.1. The Morgan fingerprint density at radius 3 is 2.44 bits per heavy atom. The van der Waals surface area contributed by atoms with Gasteiger partial charge in [-0.2, -0.15) is 0 Å². The number of hydrogen-bond donors (Lipinski definition) is 0. The number of halogens is 1. The molecule has 0 bridgehead atoms. The van der Waals surface area contributed by atoms with Gasteiger partial charge >= 0.3 is 6.09 Å². The van der Waals surface area contributed by atoms with Crippen molar-refractivity contribution in [3.8, 4) is 0 Å². The van der Waals surface area contributed by atoms with E-state index in [4.69, 9.17) is 16.3 Å². The van der Waals surface area contributed by atoms with Gasteiger partial charge in [0, 0.05) is 30.2 Å². The van der Waals surface area contributed by atoms with Gasteiger partial charge in [0.15, 0.2) is 0 Å². The number of non-ortho nitro benzene ring substituents is 1. The first-order valence-electron chi connectivity index (χ1n) is 8.60. The number of carbonyl (C=O) groups excluding carboxylic acids is 1. The average Bonchev–Trinajstić information content (AvgIpc) is 2.57. The third-order valence-electron chi connectivity index (χ3n) is 3.71. The first-order valence-corrected chi connectivity index (χ1v) is 8.97. The molecule has 0 aromatic heterocycles. The van der Waals surface area contributed by atoms with Crippen LogP contribution in [0.5, 0.6) is 0 Å². The minimum Gasteiger partial charge on any atom is -0.444 e. The van der Waals surface area contributed by atoms with Crippen LogP contribution >= 0.6 is 11.6 Å². The van der Waals surface area contributed by atoms with E-state index in [2.05, 4.69) is 0 Å². The Kier molecular flexibility index (Phi) is 6.80. The summed E-state index contributed by atoms with van der Waals surface area (Å²) in [5.41, 5.74) is 1.02. The van der Waals surface area contributed by atoms with Crippen LogP contribution in [0.2, 0.25) is 5.02 Å². The van der Waals surface area contributed by atoms with Crippen LogP contribution in [-0.2, 0) is 17.7 Å². The standard InChI is InChI=1S/C20H23ClN2O4/c1-20(2,3)27-19(24)22(11-10-15-6-4-8-17(21)12-15)14-16-7-5-9-18(13-16)23(25)26/h4-9,12-13H,10-11,14H2,1-3H3. The second-order valence-electron chi connectivity index (χ2n) is 7.21. The molecule has 1 amide bonds. The number of nitro groups is 1. The van der Waals surface area contributed by atoms with E-state index in [0.717, 1.165) is 5.56 Å². The Morgan fingerprint density at radius 1 is 1.15 bits per heavy atom. The van der Waals surface area contributed by atoms with E-state index in [1.807, 2.05) is 18.2 Å². The average molecular weight is 391 g/mol. The quantitative estimate of drug-likeness (QED) is 0.500. The van der Waals surface area contributed by atoms with Gasteiger partial charge in [-0.1, -0.05) is 35.9 Å². The minimum atomic E-state index is -0.631. The molecule has 0 radical (unpaired) electrons. The highest BCUT2D eigenvalue weighted by molar-refractivity contribution is 6.30. The molecular weight excluding hydrogens is 368 g/mol. The zero-order valence-electron chi connectivity index (χ0n) is 15.6. The third kappa shape index (κ3) is 6.90. The van der Waals surface area contributed by atoms with Crippen LogP contribution in [-0.4, -0.2) is 28.1 Å². The predicted molar refractivity (Wildman–Crippen MR) is 105 cm³/mol. The highest BCUT2D eigenvalue weighted by atomic mass is 35.5. The van der Waals surface area contributed by atoms with Gasteiger partial charge in [-0.25, -0.2) is 4.79 Å². The summed E-state index contributed by atoms with van der Waals surface area (Å²) in [7, 11) is 0. The van der Waals surface area contributed by atoms with Gasteiger partial charge in [-0.3, -0.25) is 10.1 Å². The van der Waals surface area contributed by atoms with Crippen molar-refractivity contribution in [3.63, 3.8) is 0 Å². The maximum absolute atomic E-state index is 12.6. The first kappa shape index (κ1) is 20.7. The Labute approximate surface area is 163 Å². The van der Waals surface area contributed by atoms with Crippen molar-refractivity contribution in [2.75, 3.05) is 6.54 Å². The van der Waals surface area contributed by atoms with Crippen LogP contribution in [0.15, 0.2) is 48.5 Å². The lowest BCUT2D eigenvalue weighted by Crippen LogP contribution is -2.37. The van der Waals surface area contributed by atoms with Gasteiger partial charge in [0.05, 0.1) is 4.92 Å². The Balaban J connectivity index is 2.17. The summed E-state index contributed by atoms with van der Waals surface area (Å²) in [6.45, 7) is 6.02. The smallest absolute Gasteiger partial charge is 0.410 e. The molecule has 7 heteroatoms. The number of benzene rings is 2. The van der Waals surface area contributed by atoms with Crippen LogP contribution in [0, 0.1) is 10.1 Å². The molecule has 0 N–H and O–H groups in total. The molecule has 0 spiro atoms. The van der Waals surface area contributed by atoms with Gasteiger partial charge in [0.2, 0.25) is 0 Å². The maximum Gasteiger partial charge on any atom is 0.410 e. The molecule has 0 fully saturated rings. The van der Waals surface area contributed by atoms with E-state index >= 15 is 0 Å². The summed E-state index contributed by atoms with van der Waals surface area (Å²) in [6.07, 6.45) is 0.130. The number of nitrogens with zero attached hydrogens (tertiary/aromatic N) is 2. The lowest BCUT2D eigenvalue weighted by molar-refractivity contribution is -0.384. The molecule has 2 aromatic rings. The van der Waals surface area contributed by atoms with Crippen LogP contribution < -0.4 is 0 Å². The molecule has 2 aromatic carbocycles. The number of nitro benzene ring substituents is 1. The fourth-order valence-corrected chi connectivity index (χ4v) is 2.72. The highest BCUT2D eigenvalue weighted by Crippen LogP contribution is 2.18. The molecule has 0 atom stereocenters. The summed E-state index contributed by atoms with van der Waals surface area (Å²) in [5, 5.41) is 11.6. The van der Waals surface area contributed by atoms with Crippen LogP contribution in [0.3, 0.4) is 0 Å². The van der Waals surface area contributed by atoms with Gasteiger partial charge in [-0.15, -0.1) is 0 Å². The van der Waals surface area contributed by atoms with E-state index < -0.39 is 16.6 Å². The Hall–Kier alpha value is -2.60. The van der Waals surface area contributed by atoms with E-state index in [-0.39, 0.29) is 12.2 Å². The van der Waals surface area contributed by atoms with Crippen molar-refractivity contribution < 1.29 is 14.5 Å². The van der Waals surface area contributed by atoms with Crippen LogP contribution in [0.25, 0.3) is 0 Å². The fourth-order valence-electron chi connectivity index (χ4n) is 2.51. The maximum atomic E-state index is 12.6. The number of hydrogen-bond acceptors (Lipinski definition) is 4. The molecule has 0 aliphatic heterocycles. The van der Waals surface area contributed by atoms with Crippen molar-refractivity contribution in [2.45, 2.75) is 39.3 Å². The molecule has 0 aliphatic rings. The summed E-state index contributed by atoms with van der Waals surface area (Å²) < 4.78 is 5.49. The van der Waals surface area contributed by atoms with Crippen molar-refractivity contribution in [1.29, 1.82) is 0 Å². The largest absolute Gasteiger partial charge is 0.444 e. The topological polar surface area (TPSA) is 72.7 Å². The predicted octanol–water partition coefficient (Wildman–Crippen LogP) is 5.23. The van der Waals surface area contributed by atoms with Crippen molar-refractivity contribution in [2.24, 2.45) is 0 Å². The second-order valence-corrected chi connectivity index (χ2v) is 7.65.